The Hall–Kier alpha value is -1.38. The van der Waals surface area contributed by atoms with E-state index in [0.29, 0.717) is 19.8 Å². The largest absolute Gasteiger partial charge is 0.376 e. The molecule has 0 N–H and O–H groups in total. The van der Waals surface area contributed by atoms with Crippen molar-refractivity contribution in [1.82, 2.24) is 0 Å². The molecule has 0 aromatic heterocycles. The van der Waals surface area contributed by atoms with E-state index in [1.165, 1.54) is 16.3 Å². The zero-order chi connectivity index (χ0) is 10.8. The number of fused-ring (bicyclic) bond motifs is 1. The van der Waals surface area contributed by atoms with Crippen molar-refractivity contribution in [1.29, 1.82) is 0 Å². The molecule has 0 aliphatic carbocycles. The van der Waals surface area contributed by atoms with Crippen LogP contribution >= 0.6 is 0 Å². The molecule has 1 heterocycles. The predicted octanol–water partition coefficient (Wildman–Crippen LogP) is 2.93. The average Bonchev–Trinajstić information content (AvgIpc) is 2.39. The highest BCUT2D eigenvalue weighted by Gasteiger charge is 2.18. The van der Waals surface area contributed by atoms with Gasteiger partial charge in [-0.1, -0.05) is 42.5 Å². The molecule has 0 spiro atoms. The second kappa shape index (κ2) is 4.24. The predicted molar refractivity (Wildman–Crippen MR) is 63.5 cm³/mol. The van der Waals surface area contributed by atoms with E-state index in [1.54, 1.807) is 0 Å². The molecule has 1 fully saturated rings. The lowest BCUT2D eigenvalue weighted by molar-refractivity contribution is -0.0895. The van der Waals surface area contributed by atoms with Gasteiger partial charge in [0.25, 0.3) is 0 Å². The Kier molecular flexibility index (Phi) is 2.60. The van der Waals surface area contributed by atoms with Gasteiger partial charge in [0.15, 0.2) is 0 Å². The average molecular weight is 214 g/mol. The number of ether oxygens (including phenoxy) is 2. The second-order valence-corrected chi connectivity index (χ2v) is 4.00. The maximum atomic E-state index is 5.75. The fourth-order valence-corrected chi connectivity index (χ4v) is 2.20. The van der Waals surface area contributed by atoms with E-state index in [9.17, 15) is 0 Å². The van der Waals surface area contributed by atoms with E-state index in [0.717, 1.165) is 0 Å². The van der Waals surface area contributed by atoms with Gasteiger partial charge in [0.1, 0.15) is 6.10 Å². The number of hydrogen-bond donors (Lipinski definition) is 0. The van der Waals surface area contributed by atoms with Crippen molar-refractivity contribution in [3.05, 3.63) is 48.0 Å². The smallest absolute Gasteiger partial charge is 0.106 e. The third-order valence-electron chi connectivity index (χ3n) is 2.99. The molecule has 1 atom stereocenters. The van der Waals surface area contributed by atoms with Gasteiger partial charge < -0.3 is 9.47 Å². The van der Waals surface area contributed by atoms with Gasteiger partial charge in [-0.25, -0.2) is 0 Å². The monoisotopic (exact) mass is 214 g/mol. The fourth-order valence-electron chi connectivity index (χ4n) is 2.20. The first-order valence-electron chi connectivity index (χ1n) is 5.62. The summed E-state index contributed by atoms with van der Waals surface area (Å²) in [7, 11) is 0. The van der Waals surface area contributed by atoms with Crippen LogP contribution < -0.4 is 0 Å². The van der Waals surface area contributed by atoms with Gasteiger partial charge in [-0.2, -0.15) is 0 Å². The molecule has 3 rings (SSSR count). The Morgan fingerprint density at radius 3 is 2.69 bits per heavy atom. The zero-order valence-electron chi connectivity index (χ0n) is 9.06. The van der Waals surface area contributed by atoms with Crippen LogP contribution in [0.4, 0.5) is 0 Å². The fraction of sp³-hybridized carbons (Fsp3) is 0.286. The summed E-state index contributed by atoms with van der Waals surface area (Å²) in [6, 6.07) is 14.7. The van der Waals surface area contributed by atoms with Crippen LogP contribution in [0.15, 0.2) is 42.5 Å². The molecular weight excluding hydrogens is 200 g/mol. The van der Waals surface area contributed by atoms with Gasteiger partial charge in [0.2, 0.25) is 0 Å². The van der Waals surface area contributed by atoms with E-state index in [4.69, 9.17) is 9.47 Å². The number of rotatable bonds is 1. The van der Waals surface area contributed by atoms with Crippen molar-refractivity contribution in [3.8, 4) is 0 Å². The molecule has 2 nitrogen and oxygen atoms in total. The van der Waals surface area contributed by atoms with Crippen LogP contribution in [-0.2, 0) is 9.47 Å². The van der Waals surface area contributed by atoms with Gasteiger partial charge in [-0.05, 0) is 16.3 Å². The highest BCUT2D eigenvalue weighted by molar-refractivity contribution is 5.86. The Morgan fingerprint density at radius 2 is 1.81 bits per heavy atom. The Morgan fingerprint density at radius 1 is 0.938 bits per heavy atom. The van der Waals surface area contributed by atoms with Crippen molar-refractivity contribution >= 4 is 10.8 Å². The van der Waals surface area contributed by atoms with E-state index in [-0.39, 0.29) is 6.10 Å². The quantitative estimate of drug-likeness (QED) is 0.726. The standard InChI is InChI=1S/C14H14O2/c1-2-6-12-11(4-1)5-3-7-13(12)14-10-15-8-9-16-14/h1-7,14H,8-10H2. The van der Waals surface area contributed by atoms with Gasteiger partial charge >= 0.3 is 0 Å². The summed E-state index contributed by atoms with van der Waals surface area (Å²) < 4.78 is 11.2. The van der Waals surface area contributed by atoms with Crippen molar-refractivity contribution in [2.45, 2.75) is 6.10 Å². The Balaban J connectivity index is 2.08. The minimum absolute atomic E-state index is 0.0832. The molecule has 2 aromatic carbocycles. The minimum atomic E-state index is 0.0832. The Labute approximate surface area is 94.8 Å². The molecule has 2 heteroatoms. The van der Waals surface area contributed by atoms with E-state index in [2.05, 4.69) is 42.5 Å². The topological polar surface area (TPSA) is 18.5 Å². The SMILES string of the molecule is c1ccc2c(C3COCCO3)cccc2c1. The van der Waals surface area contributed by atoms with Crippen molar-refractivity contribution in [2.75, 3.05) is 19.8 Å². The van der Waals surface area contributed by atoms with Crippen molar-refractivity contribution < 1.29 is 9.47 Å². The van der Waals surface area contributed by atoms with Gasteiger partial charge in [0, 0.05) is 0 Å². The lowest BCUT2D eigenvalue weighted by atomic mass is 10.0. The minimum Gasteiger partial charge on any atom is -0.376 e. The molecule has 1 aliphatic heterocycles. The summed E-state index contributed by atoms with van der Waals surface area (Å²) in [5.74, 6) is 0. The van der Waals surface area contributed by atoms with Crippen LogP contribution in [0.5, 0.6) is 0 Å². The summed E-state index contributed by atoms with van der Waals surface area (Å²) in [6.07, 6.45) is 0.0832. The summed E-state index contributed by atoms with van der Waals surface area (Å²) in [5, 5.41) is 2.52. The molecule has 82 valence electrons. The molecule has 1 aliphatic rings. The number of benzene rings is 2. The molecule has 16 heavy (non-hydrogen) atoms. The molecule has 1 saturated heterocycles. The van der Waals surface area contributed by atoms with Gasteiger partial charge in [-0.3, -0.25) is 0 Å². The number of hydrogen-bond acceptors (Lipinski definition) is 2. The van der Waals surface area contributed by atoms with E-state index in [1.807, 2.05) is 0 Å². The zero-order valence-corrected chi connectivity index (χ0v) is 9.06. The highest BCUT2D eigenvalue weighted by Crippen LogP contribution is 2.28. The molecule has 0 saturated carbocycles. The lowest BCUT2D eigenvalue weighted by Gasteiger charge is -2.24. The van der Waals surface area contributed by atoms with Crippen LogP contribution in [-0.4, -0.2) is 19.8 Å². The van der Waals surface area contributed by atoms with Crippen LogP contribution in [0.3, 0.4) is 0 Å². The van der Waals surface area contributed by atoms with E-state index >= 15 is 0 Å². The first-order chi connectivity index (χ1) is 7.95. The lowest BCUT2D eigenvalue weighted by Crippen LogP contribution is -2.22. The molecule has 1 unspecified atom stereocenters. The molecule has 2 aromatic rings. The van der Waals surface area contributed by atoms with Gasteiger partial charge in [-0.15, -0.1) is 0 Å². The van der Waals surface area contributed by atoms with Crippen LogP contribution in [0.25, 0.3) is 10.8 Å². The third kappa shape index (κ3) is 1.70. The molecule has 0 amide bonds. The first kappa shape index (κ1) is 9.82. The summed E-state index contributed by atoms with van der Waals surface area (Å²) >= 11 is 0. The maximum absolute atomic E-state index is 5.75. The van der Waals surface area contributed by atoms with E-state index < -0.39 is 0 Å². The Bertz CT molecular complexity index is 482. The van der Waals surface area contributed by atoms with Crippen LogP contribution in [0, 0.1) is 0 Å². The molecule has 0 bridgehead atoms. The summed E-state index contributed by atoms with van der Waals surface area (Å²) in [6.45, 7) is 2.06. The van der Waals surface area contributed by atoms with Crippen molar-refractivity contribution in [3.63, 3.8) is 0 Å². The summed E-state index contributed by atoms with van der Waals surface area (Å²) in [4.78, 5) is 0. The molecular formula is C14H14O2. The van der Waals surface area contributed by atoms with Crippen LogP contribution in [0.1, 0.15) is 11.7 Å². The maximum Gasteiger partial charge on any atom is 0.106 e. The normalized spacial score (nSPS) is 21.1. The summed E-state index contributed by atoms with van der Waals surface area (Å²) in [5.41, 5.74) is 1.23. The third-order valence-corrected chi connectivity index (χ3v) is 2.99. The highest BCUT2D eigenvalue weighted by atomic mass is 16.6. The van der Waals surface area contributed by atoms with Crippen LogP contribution in [0.2, 0.25) is 0 Å². The second-order valence-electron chi connectivity index (χ2n) is 4.00. The van der Waals surface area contributed by atoms with Crippen molar-refractivity contribution in [2.24, 2.45) is 0 Å². The first-order valence-corrected chi connectivity index (χ1v) is 5.62. The van der Waals surface area contributed by atoms with Gasteiger partial charge in [0.05, 0.1) is 19.8 Å². The molecule has 0 radical (unpaired) electrons.